The number of carbonyl (C=O) groups is 1. The lowest BCUT2D eigenvalue weighted by Gasteiger charge is -2.36. The maximum atomic E-state index is 13.2. The van der Waals surface area contributed by atoms with Crippen LogP contribution in [0, 0.1) is 0 Å². The van der Waals surface area contributed by atoms with Crippen molar-refractivity contribution in [1.82, 2.24) is 4.90 Å². The highest BCUT2D eigenvalue weighted by Crippen LogP contribution is 2.43. The van der Waals surface area contributed by atoms with Crippen molar-refractivity contribution in [2.24, 2.45) is 0 Å². The van der Waals surface area contributed by atoms with E-state index in [-0.39, 0.29) is 11.7 Å². The molecule has 0 spiro atoms. The first kappa shape index (κ1) is 22.0. The summed E-state index contributed by atoms with van der Waals surface area (Å²) in [6, 6.07) is 16.9. The molecule has 2 aliphatic rings. The topological polar surface area (TPSA) is 66.9 Å². The molecule has 0 bridgehead atoms. The van der Waals surface area contributed by atoms with Gasteiger partial charge >= 0.3 is 0 Å². The molecule has 0 atom stereocenters. The SMILES string of the molecule is CCCOc1ccc(N2CCN(C(=O)c3cc4c(s3)-c3ccccc3S(=O)(=O)C4)CC2)cc1. The molecule has 2 aromatic carbocycles. The summed E-state index contributed by atoms with van der Waals surface area (Å²) in [5.74, 6) is 0.807. The molecule has 5 rings (SSSR count). The van der Waals surface area contributed by atoms with Crippen LogP contribution in [0.1, 0.15) is 28.6 Å². The Labute approximate surface area is 198 Å². The van der Waals surface area contributed by atoms with Crippen molar-refractivity contribution in [1.29, 1.82) is 0 Å². The van der Waals surface area contributed by atoms with Gasteiger partial charge in [-0.3, -0.25) is 4.79 Å². The number of nitrogens with zero attached hydrogens (tertiary/aromatic N) is 2. The van der Waals surface area contributed by atoms with Crippen LogP contribution in [0.3, 0.4) is 0 Å². The van der Waals surface area contributed by atoms with E-state index in [0.29, 0.717) is 35.0 Å². The van der Waals surface area contributed by atoms with Gasteiger partial charge in [0, 0.05) is 42.3 Å². The van der Waals surface area contributed by atoms with Gasteiger partial charge in [0.05, 0.1) is 22.1 Å². The van der Waals surface area contributed by atoms with Crippen molar-refractivity contribution in [3.8, 4) is 16.2 Å². The number of fused-ring (bicyclic) bond motifs is 3. The van der Waals surface area contributed by atoms with E-state index in [1.807, 2.05) is 29.2 Å². The van der Waals surface area contributed by atoms with E-state index in [1.165, 1.54) is 11.3 Å². The van der Waals surface area contributed by atoms with Gasteiger partial charge < -0.3 is 14.5 Å². The van der Waals surface area contributed by atoms with Crippen LogP contribution in [-0.2, 0) is 15.6 Å². The van der Waals surface area contributed by atoms with Gasteiger partial charge in [-0.1, -0.05) is 25.1 Å². The molecule has 0 radical (unpaired) electrons. The Morgan fingerprint density at radius 2 is 1.76 bits per heavy atom. The van der Waals surface area contributed by atoms with Crippen molar-refractivity contribution in [3.05, 3.63) is 65.0 Å². The number of anilines is 1. The summed E-state index contributed by atoms with van der Waals surface area (Å²) in [7, 11) is -3.37. The molecule has 1 aromatic heterocycles. The Hall–Kier alpha value is -2.84. The predicted octanol–water partition coefficient (Wildman–Crippen LogP) is 4.45. The second kappa shape index (κ2) is 8.83. The number of ether oxygens (including phenoxy) is 1. The third-order valence-corrected chi connectivity index (χ3v) is 8.99. The van der Waals surface area contributed by atoms with Crippen LogP contribution in [0.15, 0.2) is 59.5 Å². The highest BCUT2D eigenvalue weighted by atomic mass is 32.2. The third kappa shape index (κ3) is 4.25. The van der Waals surface area contributed by atoms with Gasteiger partial charge in [-0.2, -0.15) is 0 Å². The maximum absolute atomic E-state index is 13.2. The lowest BCUT2D eigenvalue weighted by molar-refractivity contribution is 0.0751. The van der Waals surface area contributed by atoms with Gasteiger partial charge in [-0.25, -0.2) is 8.42 Å². The van der Waals surface area contributed by atoms with Crippen molar-refractivity contribution >= 4 is 32.8 Å². The lowest BCUT2D eigenvalue weighted by atomic mass is 10.1. The number of thiophene rings is 1. The third-order valence-electron chi connectivity index (χ3n) is 6.07. The van der Waals surface area contributed by atoms with Crippen LogP contribution in [0.4, 0.5) is 5.69 Å². The van der Waals surface area contributed by atoms with Crippen LogP contribution in [-0.4, -0.2) is 52.0 Å². The minimum Gasteiger partial charge on any atom is -0.494 e. The fourth-order valence-corrected chi connectivity index (χ4v) is 7.30. The van der Waals surface area contributed by atoms with Gasteiger partial charge in [0.25, 0.3) is 5.91 Å². The Balaban J connectivity index is 1.28. The van der Waals surface area contributed by atoms with Crippen molar-refractivity contribution < 1.29 is 17.9 Å². The van der Waals surface area contributed by atoms with Gasteiger partial charge in [-0.05, 0) is 48.4 Å². The highest BCUT2D eigenvalue weighted by molar-refractivity contribution is 7.91. The number of rotatable bonds is 5. The zero-order valence-electron chi connectivity index (χ0n) is 18.5. The number of piperazine rings is 1. The second-order valence-corrected chi connectivity index (χ2v) is 11.4. The van der Waals surface area contributed by atoms with E-state index in [2.05, 4.69) is 24.0 Å². The van der Waals surface area contributed by atoms with Gasteiger partial charge in [0.1, 0.15) is 5.75 Å². The molecule has 2 aliphatic heterocycles. The first-order valence-corrected chi connectivity index (χ1v) is 13.6. The number of sulfone groups is 1. The normalized spacial score (nSPS) is 16.8. The first-order valence-electron chi connectivity index (χ1n) is 11.2. The van der Waals surface area contributed by atoms with E-state index >= 15 is 0 Å². The number of amides is 1. The zero-order chi connectivity index (χ0) is 23.0. The smallest absolute Gasteiger partial charge is 0.264 e. The molecule has 8 heteroatoms. The zero-order valence-corrected chi connectivity index (χ0v) is 20.1. The van der Waals surface area contributed by atoms with E-state index in [4.69, 9.17) is 4.74 Å². The molecule has 172 valence electrons. The number of hydrogen-bond donors (Lipinski definition) is 0. The Kier molecular flexibility index (Phi) is 5.88. The Morgan fingerprint density at radius 1 is 1.03 bits per heavy atom. The van der Waals surface area contributed by atoms with E-state index in [1.54, 1.807) is 18.2 Å². The summed E-state index contributed by atoms with van der Waals surface area (Å²) in [5, 5.41) is 0. The summed E-state index contributed by atoms with van der Waals surface area (Å²) in [4.78, 5) is 19.2. The second-order valence-electron chi connectivity index (χ2n) is 8.34. The van der Waals surface area contributed by atoms with Crippen LogP contribution >= 0.6 is 11.3 Å². The molecule has 6 nitrogen and oxygen atoms in total. The summed E-state index contributed by atoms with van der Waals surface area (Å²) in [6.45, 7) is 5.56. The average molecular weight is 483 g/mol. The standard InChI is InChI=1S/C25H26N2O4S2/c1-2-15-31-20-9-7-19(8-10-20)26-11-13-27(14-12-26)25(28)22-16-18-17-33(29,30)23-6-4-3-5-21(23)24(18)32-22/h3-10,16H,2,11-15,17H2,1H3. The molecule has 3 aromatic rings. The fourth-order valence-electron chi connectivity index (χ4n) is 4.37. The van der Waals surface area contributed by atoms with E-state index in [9.17, 15) is 13.2 Å². The number of carbonyl (C=O) groups excluding carboxylic acids is 1. The van der Waals surface area contributed by atoms with Gasteiger partial charge in [-0.15, -0.1) is 11.3 Å². The largest absolute Gasteiger partial charge is 0.494 e. The van der Waals surface area contributed by atoms with E-state index in [0.717, 1.165) is 41.4 Å². The van der Waals surface area contributed by atoms with Crippen LogP contribution in [0.2, 0.25) is 0 Å². The maximum Gasteiger partial charge on any atom is 0.264 e. The van der Waals surface area contributed by atoms with Crippen molar-refractivity contribution in [2.45, 2.75) is 24.0 Å². The quantitative estimate of drug-likeness (QED) is 0.537. The summed E-state index contributed by atoms with van der Waals surface area (Å²) < 4.78 is 31.0. The molecule has 1 saturated heterocycles. The summed E-state index contributed by atoms with van der Waals surface area (Å²) in [5.41, 5.74) is 2.56. The number of benzene rings is 2. The predicted molar refractivity (Wildman–Crippen MR) is 131 cm³/mol. The minimum absolute atomic E-state index is 0.0211. The molecule has 0 saturated carbocycles. The molecule has 3 heterocycles. The Bertz CT molecular complexity index is 1270. The van der Waals surface area contributed by atoms with Crippen LogP contribution < -0.4 is 9.64 Å². The molecule has 1 fully saturated rings. The molecule has 0 N–H and O–H groups in total. The number of hydrogen-bond acceptors (Lipinski definition) is 6. The van der Waals surface area contributed by atoms with Crippen LogP contribution in [0.5, 0.6) is 5.75 Å². The molecular weight excluding hydrogens is 456 g/mol. The van der Waals surface area contributed by atoms with Crippen LogP contribution in [0.25, 0.3) is 10.4 Å². The molecule has 0 unspecified atom stereocenters. The highest BCUT2D eigenvalue weighted by Gasteiger charge is 2.32. The van der Waals surface area contributed by atoms with Gasteiger partial charge in [0.2, 0.25) is 0 Å². The van der Waals surface area contributed by atoms with E-state index < -0.39 is 9.84 Å². The minimum atomic E-state index is -3.37. The molecule has 33 heavy (non-hydrogen) atoms. The summed E-state index contributed by atoms with van der Waals surface area (Å²) in [6.07, 6.45) is 0.979. The molecule has 0 aliphatic carbocycles. The monoisotopic (exact) mass is 482 g/mol. The van der Waals surface area contributed by atoms with Crippen molar-refractivity contribution in [2.75, 3.05) is 37.7 Å². The fraction of sp³-hybridized carbons (Fsp3) is 0.320. The first-order chi connectivity index (χ1) is 16.0. The summed E-state index contributed by atoms with van der Waals surface area (Å²) >= 11 is 1.40. The molecular formula is C25H26N2O4S2. The molecule has 1 amide bonds. The van der Waals surface area contributed by atoms with Crippen molar-refractivity contribution in [3.63, 3.8) is 0 Å². The lowest BCUT2D eigenvalue weighted by Crippen LogP contribution is -2.48. The Morgan fingerprint density at radius 3 is 2.48 bits per heavy atom. The average Bonchev–Trinajstić information content (AvgIpc) is 3.26. The van der Waals surface area contributed by atoms with Gasteiger partial charge in [0.15, 0.2) is 9.84 Å².